The van der Waals surface area contributed by atoms with E-state index in [1.54, 1.807) is 13.8 Å². The van der Waals surface area contributed by atoms with Crippen LogP contribution in [-0.4, -0.2) is 30.1 Å². The van der Waals surface area contributed by atoms with Crippen LogP contribution in [0.4, 0.5) is 0 Å². The molecule has 5 heteroatoms. The lowest BCUT2D eigenvalue weighted by Gasteiger charge is -2.24. The van der Waals surface area contributed by atoms with Crippen LogP contribution in [0.5, 0.6) is 0 Å². The molecule has 128 valence electrons. The number of ether oxygens (including phenoxy) is 1. The Morgan fingerprint density at radius 1 is 1.26 bits per heavy atom. The summed E-state index contributed by atoms with van der Waals surface area (Å²) in [4.78, 5) is 23.4. The molecule has 1 aromatic carbocycles. The van der Waals surface area contributed by atoms with Crippen LogP contribution in [0.3, 0.4) is 0 Å². The first-order valence-electron chi connectivity index (χ1n) is 7.99. The van der Waals surface area contributed by atoms with Crippen LogP contribution < -0.4 is 5.32 Å². The Bertz CT molecular complexity index is 499. The molecule has 0 aromatic heterocycles. The van der Waals surface area contributed by atoms with E-state index in [2.05, 4.69) is 5.32 Å². The second-order valence-electron chi connectivity index (χ2n) is 6.40. The maximum atomic E-state index is 12.3. The molecule has 0 radical (unpaired) electrons. The van der Waals surface area contributed by atoms with E-state index in [0.29, 0.717) is 13.0 Å². The SMILES string of the molecule is CCCC(CNC(=O)C(C)(C)COCc1ccccc1)C(=O)O. The Morgan fingerprint density at radius 2 is 1.91 bits per heavy atom. The lowest BCUT2D eigenvalue weighted by molar-refractivity contribution is -0.142. The summed E-state index contributed by atoms with van der Waals surface area (Å²) in [5.41, 5.74) is 0.349. The Balaban J connectivity index is 2.41. The van der Waals surface area contributed by atoms with Gasteiger partial charge >= 0.3 is 5.97 Å². The van der Waals surface area contributed by atoms with Crippen molar-refractivity contribution in [2.24, 2.45) is 11.3 Å². The molecule has 5 nitrogen and oxygen atoms in total. The molecule has 0 aliphatic heterocycles. The molecule has 1 rings (SSSR count). The molecule has 1 amide bonds. The molecule has 1 aromatic rings. The van der Waals surface area contributed by atoms with E-state index in [9.17, 15) is 9.59 Å². The summed E-state index contributed by atoms with van der Waals surface area (Å²) in [5, 5.41) is 11.8. The molecular weight excluding hydrogens is 294 g/mol. The van der Waals surface area contributed by atoms with Gasteiger partial charge in [-0.3, -0.25) is 9.59 Å². The van der Waals surface area contributed by atoms with Crippen molar-refractivity contribution >= 4 is 11.9 Å². The van der Waals surface area contributed by atoms with Crippen molar-refractivity contribution in [1.82, 2.24) is 5.32 Å². The predicted molar refractivity (Wildman–Crippen MR) is 88.9 cm³/mol. The summed E-state index contributed by atoms with van der Waals surface area (Å²) in [6.07, 6.45) is 1.33. The number of nitrogens with one attached hydrogen (secondary N) is 1. The topological polar surface area (TPSA) is 75.6 Å². The smallest absolute Gasteiger partial charge is 0.308 e. The number of amides is 1. The molecule has 0 saturated carbocycles. The standard InChI is InChI=1S/C18H27NO4/c1-4-8-15(16(20)21)11-19-17(22)18(2,3)13-23-12-14-9-6-5-7-10-14/h5-7,9-10,15H,4,8,11-13H2,1-3H3,(H,19,22)(H,20,21). The number of aliphatic carboxylic acids is 1. The zero-order valence-electron chi connectivity index (χ0n) is 14.2. The second-order valence-corrected chi connectivity index (χ2v) is 6.40. The molecular formula is C18H27NO4. The van der Waals surface area contributed by atoms with E-state index in [1.807, 2.05) is 37.3 Å². The molecule has 0 saturated heterocycles. The van der Waals surface area contributed by atoms with Gasteiger partial charge in [0.2, 0.25) is 5.91 Å². The van der Waals surface area contributed by atoms with Gasteiger partial charge in [0.25, 0.3) is 0 Å². The summed E-state index contributed by atoms with van der Waals surface area (Å²) in [5.74, 6) is -1.59. The molecule has 1 unspecified atom stereocenters. The van der Waals surface area contributed by atoms with Gasteiger partial charge in [0.05, 0.1) is 24.5 Å². The lowest BCUT2D eigenvalue weighted by atomic mass is 9.93. The van der Waals surface area contributed by atoms with E-state index in [-0.39, 0.29) is 19.1 Å². The molecule has 0 heterocycles. The fourth-order valence-corrected chi connectivity index (χ4v) is 2.18. The van der Waals surface area contributed by atoms with Crippen molar-refractivity contribution in [2.75, 3.05) is 13.2 Å². The Morgan fingerprint density at radius 3 is 2.48 bits per heavy atom. The minimum absolute atomic E-state index is 0.157. The zero-order valence-corrected chi connectivity index (χ0v) is 14.2. The Hall–Kier alpha value is -1.88. The molecule has 0 bridgehead atoms. The van der Waals surface area contributed by atoms with Crippen LogP contribution in [0.1, 0.15) is 39.2 Å². The quantitative estimate of drug-likeness (QED) is 0.695. The molecule has 2 N–H and O–H groups in total. The van der Waals surface area contributed by atoms with Gasteiger partial charge in [-0.25, -0.2) is 0 Å². The molecule has 0 fully saturated rings. The van der Waals surface area contributed by atoms with Gasteiger partial charge < -0.3 is 15.2 Å². The van der Waals surface area contributed by atoms with Crippen molar-refractivity contribution in [3.63, 3.8) is 0 Å². The second kappa shape index (κ2) is 9.30. The van der Waals surface area contributed by atoms with Gasteiger partial charge in [-0.2, -0.15) is 0 Å². The van der Waals surface area contributed by atoms with Crippen LogP contribution in [0.25, 0.3) is 0 Å². The normalized spacial score (nSPS) is 12.7. The average molecular weight is 321 g/mol. The number of hydrogen-bond acceptors (Lipinski definition) is 3. The highest BCUT2D eigenvalue weighted by atomic mass is 16.5. The van der Waals surface area contributed by atoms with Crippen molar-refractivity contribution < 1.29 is 19.4 Å². The van der Waals surface area contributed by atoms with E-state index in [0.717, 1.165) is 12.0 Å². The fraction of sp³-hybridized carbons (Fsp3) is 0.556. The number of hydrogen-bond donors (Lipinski definition) is 2. The van der Waals surface area contributed by atoms with Gasteiger partial charge in [0.15, 0.2) is 0 Å². The highest BCUT2D eigenvalue weighted by molar-refractivity contribution is 5.82. The predicted octanol–water partition coefficient (Wildman–Crippen LogP) is 2.85. The number of rotatable bonds is 10. The number of carbonyl (C=O) groups is 2. The molecule has 0 spiro atoms. The van der Waals surface area contributed by atoms with Gasteiger partial charge in [-0.05, 0) is 25.8 Å². The summed E-state index contributed by atoms with van der Waals surface area (Å²) in [6.45, 7) is 6.40. The van der Waals surface area contributed by atoms with Gasteiger partial charge in [0.1, 0.15) is 0 Å². The first-order chi connectivity index (χ1) is 10.9. The largest absolute Gasteiger partial charge is 0.481 e. The number of carbonyl (C=O) groups excluding carboxylic acids is 1. The highest BCUT2D eigenvalue weighted by Crippen LogP contribution is 2.17. The Labute approximate surface area is 138 Å². The summed E-state index contributed by atoms with van der Waals surface area (Å²) < 4.78 is 5.63. The van der Waals surface area contributed by atoms with Crippen LogP contribution in [0, 0.1) is 11.3 Å². The third-order valence-electron chi connectivity index (χ3n) is 3.68. The zero-order chi connectivity index (χ0) is 17.3. The Kier molecular flexibility index (Phi) is 7.75. The van der Waals surface area contributed by atoms with Gasteiger partial charge in [-0.1, -0.05) is 43.7 Å². The van der Waals surface area contributed by atoms with E-state index >= 15 is 0 Å². The van der Waals surface area contributed by atoms with Gasteiger partial charge in [0, 0.05) is 6.54 Å². The molecule has 23 heavy (non-hydrogen) atoms. The molecule has 1 atom stereocenters. The maximum absolute atomic E-state index is 12.3. The monoisotopic (exact) mass is 321 g/mol. The number of carboxylic acids is 1. The van der Waals surface area contributed by atoms with Crippen LogP contribution in [-0.2, 0) is 20.9 Å². The van der Waals surface area contributed by atoms with Gasteiger partial charge in [-0.15, -0.1) is 0 Å². The third-order valence-corrected chi connectivity index (χ3v) is 3.68. The van der Waals surface area contributed by atoms with Crippen LogP contribution >= 0.6 is 0 Å². The molecule has 0 aliphatic carbocycles. The highest BCUT2D eigenvalue weighted by Gasteiger charge is 2.29. The summed E-state index contributed by atoms with van der Waals surface area (Å²) in [7, 11) is 0. The minimum atomic E-state index is -0.870. The first kappa shape index (κ1) is 19.2. The number of benzene rings is 1. The molecule has 0 aliphatic rings. The summed E-state index contributed by atoms with van der Waals surface area (Å²) >= 11 is 0. The summed E-state index contributed by atoms with van der Waals surface area (Å²) in [6, 6.07) is 9.76. The first-order valence-corrected chi connectivity index (χ1v) is 7.99. The maximum Gasteiger partial charge on any atom is 0.308 e. The van der Waals surface area contributed by atoms with Crippen molar-refractivity contribution in [3.05, 3.63) is 35.9 Å². The van der Waals surface area contributed by atoms with E-state index in [1.165, 1.54) is 0 Å². The van der Waals surface area contributed by atoms with E-state index < -0.39 is 17.3 Å². The minimum Gasteiger partial charge on any atom is -0.481 e. The van der Waals surface area contributed by atoms with Crippen molar-refractivity contribution in [1.29, 1.82) is 0 Å². The third kappa shape index (κ3) is 6.82. The fourth-order valence-electron chi connectivity index (χ4n) is 2.18. The van der Waals surface area contributed by atoms with Crippen LogP contribution in [0.15, 0.2) is 30.3 Å². The van der Waals surface area contributed by atoms with Crippen molar-refractivity contribution in [3.8, 4) is 0 Å². The van der Waals surface area contributed by atoms with E-state index in [4.69, 9.17) is 9.84 Å². The average Bonchev–Trinajstić information content (AvgIpc) is 2.51. The van der Waals surface area contributed by atoms with Crippen molar-refractivity contribution in [2.45, 2.75) is 40.2 Å². The number of carboxylic acid groups (broad SMARTS) is 1. The lowest BCUT2D eigenvalue weighted by Crippen LogP contribution is -2.43. The van der Waals surface area contributed by atoms with Crippen LogP contribution in [0.2, 0.25) is 0 Å².